The fourth-order valence-electron chi connectivity index (χ4n) is 4.09. The molecule has 1 aliphatic heterocycles. The number of hydrogen-bond donors (Lipinski definition) is 3. The smallest absolute Gasteiger partial charge is 0.326 e. The van der Waals surface area contributed by atoms with Gasteiger partial charge in [-0.3, -0.25) is 4.39 Å². The fraction of sp³-hybridized carbons (Fsp3) is 0.708. The van der Waals surface area contributed by atoms with Crippen LogP contribution in [0.1, 0.15) is 57.2 Å². The Balaban J connectivity index is 1.81. The highest BCUT2D eigenvalue weighted by molar-refractivity contribution is 5.82. The summed E-state index contributed by atoms with van der Waals surface area (Å²) < 4.78 is 12.8. The molecule has 0 bridgehead atoms. The highest BCUT2D eigenvalue weighted by Gasteiger charge is 2.23. The van der Waals surface area contributed by atoms with Crippen molar-refractivity contribution < 1.29 is 19.1 Å². The number of carbonyl (C=O) groups excluding carboxylic acids is 1. The van der Waals surface area contributed by atoms with Crippen molar-refractivity contribution in [2.45, 2.75) is 64.8 Å². The lowest BCUT2D eigenvalue weighted by atomic mass is 10.1. The summed E-state index contributed by atoms with van der Waals surface area (Å²) in [7, 11) is 0. The van der Waals surface area contributed by atoms with Gasteiger partial charge >= 0.3 is 12.0 Å². The lowest BCUT2D eigenvalue weighted by Gasteiger charge is -2.26. The van der Waals surface area contributed by atoms with Crippen molar-refractivity contribution in [3.05, 3.63) is 23.4 Å². The van der Waals surface area contributed by atoms with Gasteiger partial charge in [-0.1, -0.05) is 6.07 Å². The Bertz CT molecular complexity index is 745. The molecule has 1 aromatic heterocycles. The van der Waals surface area contributed by atoms with E-state index in [0.717, 1.165) is 56.7 Å². The van der Waals surface area contributed by atoms with Gasteiger partial charge in [-0.15, -0.1) is 0 Å². The number of aromatic nitrogens is 1. The van der Waals surface area contributed by atoms with E-state index in [4.69, 9.17) is 4.98 Å². The molecule has 33 heavy (non-hydrogen) atoms. The number of rotatable bonds is 15. The third-order valence-corrected chi connectivity index (χ3v) is 6.10. The molecule has 2 rings (SSSR count). The summed E-state index contributed by atoms with van der Waals surface area (Å²) in [6.07, 6.45) is 5.68. The van der Waals surface area contributed by atoms with E-state index in [0.29, 0.717) is 32.6 Å². The molecule has 8 nitrogen and oxygen atoms in total. The molecule has 0 aromatic carbocycles. The Morgan fingerprint density at radius 1 is 1.18 bits per heavy atom. The minimum atomic E-state index is -1.05. The van der Waals surface area contributed by atoms with Gasteiger partial charge in [0.1, 0.15) is 11.9 Å². The Hall–Kier alpha value is -2.42. The number of unbranched alkanes of at least 4 members (excludes halogenated alkanes) is 1. The zero-order valence-electron chi connectivity index (χ0n) is 20.1. The van der Waals surface area contributed by atoms with E-state index in [2.05, 4.69) is 27.7 Å². The van der Waals surface area contributed by atoms with Crippen LogP contribution in [0.2, 0.25) is 0 Å². The van der Waals surface area contributed by atoms with Gasteiger partial charge in [0.25, 0.3) is 0 Å². The van der Waals surface area contributed by atoms with Crippen molar-refractivity contribution in [1.82, 2.24) is 20.1 Å². The molecule has 1 aliphatic rings. The molecule has 3 N–H and O–H groups in total. The lowest BCUT2D eigenvalue weighted by Crippen LogP contribution is -2.49. The van der Waals surface area contributed by atoms with Gasteiger partial charge in [0.15, 0.2) is 0 Å². The van der Waals surface area contributed by atoms with Crippen LogP contribution in [0.25, 0.3) is 0 Å². The standard InChI is InChI=1S/C24H40FN5O3/c1-3-30(4-2)24(33)28-21(23(31)32)13-18-29(17-8-14-25)16-6-5-10-20-12-11-19-9-7-15-26-22(19)27-20/h11-12,21H,3-10,13-18H2,1-2H3,(H,26,27)(H,28,33)(H,31,32)/t21-/m0/s1. The molecular weight excluding hydrogens is 425 g/mol. The van der Waals surface area contributed by atoms with E-state index < -0.39 is 18.7 Å². The van der Waals surface area contributed by atoms with Gasteiger partial charge in [0.05, 0.1) is 6.67 Å². The van der Waals surface area contributed by atoms with Crippen molar-refractivity contribution in [3.63, 3.8) is 0 Å². The van der Waals surface area contributed by atoms with E-state index in [1.165, 1.54) is 5.56 Å². The Morgan fingerprint density at radius 3 is 2.64 bits per heavy atom. The highest BCUT2D eigenvalue weighted by Crippen LogP contribution is 2.20. The molecule has 2 heterocycles. The number of fused-ring (bicyclic) bond motifs is 1. The Kier molecular flexibility index (Phi) is 11.9. The van der Waals surface area contributed by atoms with Gasteiger partial charge < -0.3 is 25.5 Å². The predicted octanol–water partition coefficient (Wildman–Crippen LogP) is 3.32. The number of urea groups is 1. The Labute approximate surface area is 196 Å². The minimum absolute atomic E-state index is 0.284. The van der Waals surface area contributed by atoms with Crippen molar-refractivity contribution in [2.24, 2.45) is 0 Å². The second-order valence-corrected chi connectivity index (χ2v) is 8.48. The number of carboxylic acids is 1. The summed E-state index contributed by atoms with van der Waals surface area (Å²) >= 11 is 0. The highest BCUT2D eigenvalue weighted by atomic mass is 19.1. The molecule has 9 heteroatoms. The van der Waals surface area contributed by atoms with E-state index in [1.54, 1.807) is 4.90 Å². The number of carbonyl (C=O) groups is 2. The van der Waals surface area contributed by atoms with Crippen molar-refractivity contribution in [3.8, 4) is 0 Å². The van der Waals surface area contributed by atoms with Crippen molar-refractivity contribution in [1.29, 1.82) is 0 Å². The van der Waals surface area contributed by atoms with Crippen LogP contribution in [0, 0.1) is 0 Å². The van der Waals surface area contributed by atoms with Gasteiger partial charge in [-0.05, 0) is 77.0 Å². The third kappa shape index (κ3) is 9.15. The average Bonchev–Trinajstić information content (AvgIpc) is 2.82. The van der Waals surface area contributed by atoms with Gasteiger partial charge in [0.2, 0.25) is 0 Å². The van der Waals surface area contributed by atoms with Crippen molar-refractivity contribution >= 4 is 17.8 Å². The molecule has 1 aromatic rings. The van der Waals surface area contributed by atoms with Gasteiger partial charge in [-0.25, -0.2) is 14.6 Å². The van der Waals surface area contributed by atoms with Gasteiger partial charge in [0, 0.05) is 38.4 Å². The third-order valence-electron chi connectivity index (χ3n) is 6.10. The number of carboxylic acid groups (broad SMARTS) is 1. The molecule has 0 aliphatic carbocycles. The van der Waals surface area contributed by atoms with Crippen LogP contribution in [0.5, 0.6) is 0 Å². The van der Waals surface area contributed by atoms with Crippen LogP contribution in [0.3, 0.4) is 0 Å². The van der Waals surface area contributed by atoms with Crippen LogP contribution in [0.4, 0.5) is 15.0 Å². The summed E-state index contributed by atoms with van der Waals surface area (Å²) in [5.41, 5.74) is 2.35. The summed E-state index contributed by atoms with van der Waals surface area (Å²) in [6, 6.07) is 2.94. The average molecular weight is 466 g/mol. The van der Waals surface area contributed by atoms with E-state index >= 15 is 0 Å². The van der Waals surface area contributed by atoms with Crippen molar-refractivity contribution in [2.75, 3.05) is 51.3 Å². The zero-order valence-corrected chi connectivity index (χ0v) is 20.1. The first kappa shape index (κ1) is 26.8. The normalized spacial score (nSPS) is 13.8. The van der Waals surface area contributed by atoms with Crippen LogP contribution in [-0.4, -0.2) is 83.9 Å². The number of hydrogen-bond acceptors (Lipinski definition) is 5. The molecule has 186 valence electrons. The zero-order chi connectivity index (χ0) is 24.1. The maximum atomic E-state index is 12.8. The second kappa shape index (κ2) is 14.7. The monoisotopic (exact) mass is 465 g/mol. The Morgan fingerprint density at radius 2 is 1.94 bits per heavy atom. The summed E-state index contributed by atoms with van der Waals surface area (Å²) in [6.45, 7) is 7.16. The van der Waals surface area contributed by atoms with Crippen LogP contribution >= 0.6 is 0 Å². The lowest BCUT2D eigenvalue weighted by molar-refractivity contribution is -0.139. The predicted molar refractivity (Wildman–Crippen MR) is 129 cm³/mol. The molecule has 0 fully saturated rings. The minimum Gasteiger partial charge on any atom is -0.480 e. The number of alkyl halides is 1. The van der Waals surface area contributed by atoms with E-state index in [-0.39, 0.29) is 12.5 Å². The molecular formula is C24H40FN5O3. The number of halogens is 1. The molecule has 0 spiro atoms. The molecule has 1 atom stereocenters. The maximum absolute atomic E-state index is 12.8. The molecule has 0 unspecified atom stereocenters. The second-order valence-electron chi connectivity index (χ2n) is 8.48. The quantitative estimate of drug-likeness (QED) is 0.344. The first-order valence-corrected chi connectivity index (χ1v) is 12.3. The van der Waals surface area contributed by atoms with E-state index in [9.17, 15) is 19.1 Å². The maximum Gasteiger partial charge on any atom is 0.326 e. The molecule has 2 amide bonds. The van der Waals surface area contributed by atoms with E-state index in [1.807, 2.05) is 13.8 Å². The fourth-order valence-corrected chi connectivity index (χ4v) is 4.09. The number of amides is 2. The topological polar surface area (TPSA) is 97.8 Å². The molecule has 0 radical (unpaired) electrons. The van der Waals surface area contributed by atoms with Crippen LogP contribution in [-0.2, 0) is 17.6 Å². The number of aliphatic carboxylic acids is 1. The molecule has 0 saturated carbocycles. The largest absolute Gasteiger partial charge is 0.480 e. The summed E-state index contributed by atoms with van der Waals surface area (Å²) in [5, 5.41) is 15.5. The number of pyridine rings is 1. The summed E-state index contributed by atoms with van der Waals surface area (Å²) in [4.78, 5) is 32.3. The molecule has 0 saturated heterocycles. The number of nitrogens with zero attached hydrogens (tertiary/aromatic N) is 3. The number of aryl methyl sites for hydroxylation is 2. The SMILES string of the molecule is CCN(CC)C(=O)N[C@@H](CCN(CCCF)CCCCc1ccc2c(n1)NCCC2)C(=O)O. The first-order chi connectivity index (χ1) is 16.0. The number of anilines is 1. The summed E-state index contributed by atoms with van der Waals surface area (Å²) in [5.74, 6) is -0.0390. The number of nitrogens with one attached hydrogen (secondary N) is 2. The van der Waals surface area contributed by atoms with Crippen LogP contribution < -0.4 is 10.6 Å². The first-order valence-electron chi connectivity index (χ1n) is 12.3. The van der Waals surface area contributed by atoms with Gasteiger partial charge in [-0.2, -0.15) is 0 Å². The van der Waals surface area contributed by atoms with Crippen LogP contribution in [0.15, 0.2) is 12.1 Å².